The van der Waals surface area contributed by atoms with Crippen molar-refractivity contribution in [1.29, 1.82) is 0 Å². The number of carbonyl (C=O) groups excluding carboxylic acids is 1. The monoisotopic (exact) mass is 297 g/mol. The normalized spacial score (nSPS) is 30.7. The van der Waals surface area contributed by atoms with Crippen LogP contribution in [-0.4, -0.2) is 49.3 Å². The van der Waals surface area contributed by atoms with E-state index in [1.165, 1.54) is 19.3 Å². The fourth-order valence-electron chi connectivity index (χ4n) is 3.51. The molecule has 122 valence electrons. The highest BCUT2D eigenvalue weighted by Crippen LogP contribution is 2.26. The van der Waals surface area contributed by atoms with E-state index < -0.39 is 0 Å². The Hall–Kier alpha value is -0.610. The number of morpholine rings is 1. The molecule has 0 aromatic heterocycles. The van der Waals surface area contributed by atoms with E-state index in [2.05, 4.69) is 20.8 Å². The number of hydrogen-bond acceptors (Lipinski definition) is 3. The van der Waals surface area contributed by atoms with E-state index in [0.29, 0.717) is 31.6 Å². The van der Waals surface area contributed by atoms with Gasteiger partial charge in [-0.25, -0.2) is 0 Å². The number of carbonyl (C=O) groups is 1. The van der Waals surface area contributed by atoms with Crippen molar-refractivity contribution in [2.75, 3.05) is 26.4 Å². The topological polar surface area (TPSA) is 38.8 Å². The van der Waals surface area contributed by atoms with Crippen molar-refractivity contribution >= 4 is 5.91 Å². The second-order valence-electron chi connectivity index (χ2n) is 7.06. The van der Waals surface area contributed by atoms with Crippen LogP contribution in [0.5, 0.6) is 0 Å². The lowest BCUT2D eigenvalue weighted by atomic mass is 9.88. The summed E-state index contributed by atoms with van der Waals surface area (Å²) < 4.78 is 11.5. The molecule has 3 atom stereocenters. The van der Waals surface area contributed by atoms with Gasteiger partial charge in [0.15, 0.2) is 0 Å². The fraction of sp³-hybridized carbons (Fsp3) is 0.941. The summed E-state index contributed by atoms with van der Waals surface area (Å²) in [6, 6.07) is 0.221. The van der Waals surface area contributed by atoms with Crippen LogP contribution in [0.2, 0.25) is 0 Å². The highest BCUT2D eigenvalue weighted by Gasteiger charge is 2.29. The van der Waals surface area contributed by atoms with Gasteiger partial charge in [-0.05, 0) is 31.1 Å². The maximum Gasteiger partial charge on any atom is 0.248 e. The second kappa shape index (κ2) is 8.14. The minimum atomic E-state index is 0.140. The Morgan fingerprint density at radius 2 is 2.10 bits per heavy atom. The standard InChI is InChI=1S/C17H31NO3/c1-13(2)10-15-11-20-9-8-18(15)17(19)12-21-16-7-5-4-6-14(16)3/h13-16H,4-12H2,1-3H3/t14-,15-,16-/m1/s1. The van der Waals surface area contributed by atoms with E-state index in [1.807, 2.05) is 4.90 Å². The van der Waals surface area contributed by atoms with E-state index >= 15 is 0 Å². The Morgan fingerprint density at radius 1 is 1.33 bits per heavy atom. The van der Waals surface area contributed by atoms with E-state index in [0.717, 1.165) is 12.8 Å². The number of ether oxygens (including phenoxy) is 2. The molecule has 1 aliphatic heterocycles. The maximum absolute atomic E-state index is 12.5. The molecule has 0 spiro atoms. The number of rotatable bonds is 5. The lowest BCUT2D eigenvalue weighted by Gasteiger charge is -2.37. The van der Waals surface area contributed by atoms with Crippen LogP contribution in [0.1, 0.15) is 52.9 Å². The average Bonchev–Trinajstić information content (AvgIpc) is 2.46. The first-order chi connectivity index (χ1) is 10.1. The van der Waals surface area contributed by atoms with Gasteiger partial charge in [0, 0.05) is 6.54 Å². The van der Waals surface area contributed by atoms with Gasteiger partial charge in [0.1, 0.15) is 6.61 Å². The zero-order valence-electron chi connectivity index (χ0n) is 13.8. The van der Waals surface area contributed by atoms with Crippen LogP contribution in [0.3, 0.4) is 0 Å². The van der Waals surface area contributed by atoms with Gasteiger partial charge in [-0.15, -0.1) is 0 Å². The van der Waals surface area contributed by atoms with Gasteiger partial charge in [-0.2, -0.15) is 0 Å². The molecule has 1 aliphatic carbocycles. The predicted octanol–water partition coefficient (Wildman–Crippen LogP) is 2.86. The first-order valence-electron chi connectivity index (χ1n) is 8.56. The van der Waals surface area contributed by atoms with Gasteiger partial charge in [-0.3, -0.25) is 4.79 Å². The summed E-state index contributed by atoms with van der Waals surface area (Å²) in [7, 11) is 0. The fourth-order valence-corrected chi connectivity index (χ4v) is 3.51. The first-order valence-corrected chi connectivity index (χ1v) is 8.56. The summed E-state index contributed by atoms with van der Waals surface area (Å²) >= 11 is 0. The molecule has 1 saturated carbocycles. The van der Waals surface area contributed by atoms with E-state index in [-0.39, 0.29) is 24.7 Å². The Balaban J connectivity index is 1.82. The number of amides is 1. The highest BCUT2D eigenvalue weighted by molar-refractivity contribution is 5.78. The third-order valence-corrected chi connectivity index (χ3v) is 4.75. The largest absolute Gasteiger partial charge is 0.377 e. The van der Waals surface area contributed by atoms with Crippen LogP contribution in [0.25, 0.3) is 0 Å². The van der Waals surface area contributed by atoms with Crippen LogP contribution < -0.4 is 0 Å². The predicted molar refractivity (Wildman–Crippen MR) is 83.1 cm³/mol. The molecular weight excluding hydrogens is 266 g/mol. The van der Waals surface area contributed by atoms with Gasteiger partial charge >= 0.3 is 0 Å². The SMILES string of the molecule is CC(C)C[C@@H]1COCCN1C(=O)CO[C@@H]1CCCC[C@H]1C. The van der Waals surface area contributed by atoms with Crippen molar-refractivity contribution < 1.29 is 14.3 Å². The number of hydrogen-bond donors (Lipinski definition) is 0. The van der Waals surface area contributed by atoms with E-state index in [9.17, 15) is 4.79 Å². The van der Waals surface area contributed by atoms with Crippen LogP contribution in [0.4, 0.5) is 0 Å². The quantitative estimate of drug-likeness (QED) is 0.783. The molecule has 2 fully saturated rings. The summed E-state index contributed by atoms with van der Waals surface area (Å²) in [5, 5.41) is 0. The van der Waals surface area contributed by atoms with E-state index in [4.69, 9.17) is 9.47 Å². The molecule has 0 unspecified atom stereocenters. The molecule has 4 heteroatoms. The Bertz CT molecular complexity index is 332. The average molecular weight is 297 g/mol. The van der Waals surface area contributed by atoms with Crippen molar-refractivity contribution in [3.63, 3.8) is 0 Å². The van der Waals surface area contributed by atoms with Crippen molar-refractivity contribution in [3.05, 3.63) is 0 Å². The molecule has 1 saturated heterocycles. The maximum atomic E-state index is 12.5. The van der Waals surface area contributed by atoms with Gasteiger partial charge in [0.2, 0.25) is 5.91 Å². The summed E-state index contributed by atoms with van der Waals surface area (Å²) in [6.07, 6.45) is 6.14. The smallest absolute Gasteiger partial charge is 0.248 e. The molecule has 0 N–H and O–H groups in total. The van der Waals surface area contributed by atoms with Gasteiger partial charge in [0.05, 0.1) is 25.4 Å². The van der Waals surface area contributed by atoms with Crippen LogP contribution in [0, 0.1) is 11.8 Å². The summed E-state index contributed by atoms with van der Waals surface area (Å²) in [5.74, 6) is 1.30. The molecular formula is C17H31NO3. The first kappa shape index (κ1) is 16.8. The second-order valence-corrected chi connectivity index (χ2v) is 7.06. The van der Waals surface area contributed by atoms with Crippen molar-refractivity contribution in [3.8, 4) is 0 Å². The molecule has 2 aliphatic rings. The minimum Gasteiger partial charge on any atom is -0.377 e. The molecule has 1 heterocycles. The van der Waals surface area contributed by atoms with Crippen LogP contribution in [0.15, 0.2) is 0 Å². The Kier molecular flexibility index (Phi) is 6.49. The summed E-state index contributed by atoms with van der Waals surface area (Å²) in [4.78, 5) is 14.5. The molecule has 0 aromatic rings. The molecule has 21 heavy (non-hydrogen) atoms. The molecule has 2 rings (SSSR count). The van der Waals surface area contributed by atoms with Crippen LogP contribution >= 0.6 is 0 Å². The van der Waals surface area contributed by atoms with Gasteiger partial charge in [0.25, 0.3) is 0 Å². The lowest BCUT2D eigenvalue weighted by Crippen LogP contribution is -2.50. The lowest BCUT2D eigenvalue weighted by molar-refractivity contribution is -0.149. The number of nitrogens with zero attached hydrogens (tertiary/aromatic N) is 1. The zero-order valence-corrected chi connectivity index (χ0v) is 13.8. The highest BCUT2D eigenvalue weighted by atomic mass is 16.5. The summed E-state index contributed by atoms with van der Waals surface area (Å²) in [5.41, 5.74) is 0. The van der Waals surface area contributed by atoms with Crippen molar-refractivity contribution in [2.45, 2.75) is 65.0 Å². The van der Waals surface area contributed by atoms with Crippen LogP contribution in [-0.2, 0) is 14.3 Å². The Labute approximate surface area is 129 Å². The van der Waals surface area contributed by atoms with Crippen molar-refractivity contribution in [2.24, 2.45) is 11.8 Å². The molecule has 0 radical (unpaired) electrons. The van der Waals surface area contributed by atoms with Gasteiger partial charge in [-0.1, -0.05) is 33.6 Å². The van der Waals surface area contributed by atoms with E-state index in [1.54, 1.807) is 0 Å². The Morgan fingerprint density at radius 3 is 2.81 bits per heavy atom. The zero-order chi connectivity index (χ0) is 15.2. The molecule has 0 bridgehead atoms. The minimum absolute atomic E-state index is 0.140. The molecule has 0 aromatic carbocycles. The van der Waals surface area contributed by atoms with Crippen molar-refractivity contribution in [1.82, 2.24) is 4.90 Å². The molecule has 1 amide bonds. The summed E-state index contributed by atoms with van der Waals surface area (Å²) in [6.45, 7) is 8.90. The third kappa shape index (κ3) is 4.96. The molecule has 4 nitrogen and oxygen atoms in total. The van der Waals surface area contributed by atoms with Gasteiger partial charge < -0.3 is 14.4 Å². The third-order valence-electron chi connectivity index (χ3n) is 4.75.